The van der Waals surface area contributed by atoms with Crippen molar-refractivity contribution < 1.29 is 4.79 Å². The smallest absolute Gasteiger partial charge is 0.222 e. The van der Waals surface area contributed by atoms with Crippen molar-refractivity contribution in [1.82, 2.24) is 9.97 Å². The highest BCUT2D eigenvalue weighted by atomic mass is 35.5. The molecule has 1 aromatic carbocycles. The predicted octanol–water partition coefficient (Wildman–Crippen LogP) is 4.50. The lowest BCUT2D eigenvalue weighted by Crippen LogP contribution is -2.21. The number of aromatic nitrogens is 2. The molecule has 24 heavy (non-hydrogen) atoms. The maximum absolute atomic E-state index is 12.5. The van der Waals surface area contributed by atoms with Crippen LogP contribution in [0.1, 0.15) is 54.2 Å². The van der Waals surface area contributed by atoms with E-state index in [1.54, 1.807) is 6.20 Å². The summed E-state index contributed by atoms with van der Waals surface area (Å²) in [7, 11) is 0. The van der Waals surface area contributed by atoms with E-state index < -0.39 is 0 Å². The maximum atomic E-state index is 12.5. The molecule has 5 heteroatoms. The monoisotopic (exact) mass is 343 g/mol. The van der Waals surface area contributed by atoms with E-state index in [1.165, 1.54) is 0 Å². The van der Waals surface area contributed by atoms with Crippen LogP contribution in [0.3, 0.4) is 0 Å². The lowest BCUT2D eigenvalue weighted by Gasteiger charge is -2.24. The second-order valence-electron chi connectivity index (χ2n) is 6.71. The Morgan fingerprint density at radius 1 is 1.29 bits per heavy atom. The van der Waals surface area contributed by atoms with Crippen LogP contribution in [0.15, 0.2) is 30.5 Å². The van der Waals surface area contributed by atoms with Crippen LogP contribution in [-0.4, -0.2) is 22.3 Å². The molecule has 0 bridgehead atoms. The minimum absolute atomic E-state index is 0.0807. The predicted molar refractivity (Wildman–Crippen MR) is 96.8 cm³/mol. The lowest BCUT2D eigenvalue weighted by atomic mass is 9.82. The average Bonchev–Trinajstić information content (AvgIpc) is 2.54. The highest BCUT2D eigenvalue weighted by Crippen LogP contribution is 2.35. The maximum Gasteiger partial charge on any atom is 0.222 e. The highest BCUT2D eigenvalue weighted by molar-refractivity contribution is 6.31. The number of nitrogens with zero attached hydrogens (tertiary/aromatic N) is 2. The first-order valence-electron chi connectivity index (χ1n) is 8.42. The summed E-state index contributed by atoms with van der Waals surface area (Å²) in [5.74, 6) is 1.40. The summed E-state index contributed by atoms with van der Waals surface area (Å²) in [6.45, 7) is 5.20. The Balaban J connectivity index is 1.80. The van der Waals surface area contributed by atoms with E-state index >= 15 is 0 Å². The number of halogens is 1. The molecule has 0 radical (unpaired) electrons. The van der Waals surface area contributed by atoms with Crippen molar-refractivity contribution in [3.05, 3.63) is 52.3 Å². The lowest BCUT2D eigenvalue weighted by molar-refractivity contribution is 0.0963. The highest BCUT2D eigenvalue weighted by Gasteiger charge is 2.29. The van der Waals surface area contributed by atoms with E-state index in [2.05, 4.69) is 29.1 Å². The Morgan fingerprint density at radius 3 is 2.83 bits per heavy atom. The number of nitrogens with one attached hydrogen (secondary N) is 1. The molecule has 3 rings (SSSR count). The topological polar surface area (TPSA) is 54.9 Å². The van der Waals surface area contributed by atoms with Crippen molar-refractivity contribution in [2.75, 3.05) is 11.9 Å². The second kappa shape index (κ2) is 7.31. The van der Waals surface area contributed by atoms with Gasteiger partial charge in [-0.3, -0.25) is 4.79 Å². The number of benzene rings is 1. The molecule has 4 nitrogen and oxygen atoms in total. The number of hydrogen-bond donors (Lipinski definition) is 1. The van der Waals surface area contributed by atoms with Crippen molar-refractivity contribution in [2.24, 2.45) is 5.92 Å². The first kappa shape index (κ1) is 16.9. The largest absolute Gasteiger partial charge is 0.354 e. The van der Waals surface area contributed by atoms with Gasteiger partial charge in [-0.15, -0.1) is 0 Å². The zero-order chi connectivity index (χ0) is 17.1. The molecule has 1 aliphatic rings. The van der Waals surface area contributed by atoms with Crippen LogP contribution in [0.25, 0.3) is 0 Å². The Labute approximate surface area is 147 Å². The van der Waals surface area contributed by atoms with Crippen LogP contribution in [0.2, 0.25) is 5.02 Å². The molecule has 0 saturated heterocycles. The normalized spacial score (nSPS) is 17.0. The van der Waals surface area contributed by atoms with Gasteiger partial charge < -0.3 is 5.32 Å². The summed E-state index contributed by atoms with van der Waals surface area (Å²) < 4.78 is 0. The van der Waals surface area contributed by atoms with E-state index in [9.17, 15) is 4.79 Å². The molecule has 0 spiro atoms. The van der Waals surface area contributed by atoms with Gasteiger partial charge in [0.1, 0.15) is 0 Å². The third-order valence-corrected chi connectivity index (χ3v) is 4.73. The molecule has 1 atom stereocenters. The molecule has 1 heterocycles. The molecule has 1 N–H and O–H groups in total. The van der Waals surface area contributed by atoms with Crippen LogP contribution in [0.4, 0.5) is 5.95 Å². The quantitative estimate of drug-likeness (QED) is 0.868. The minimum Gasteiger partial charge on any atom is -0.354 e. The van der Waals surface area contributed by atoms with Gasteiger partial charge in [0, 0.05) is 24.2 Å². The summed E-state index contributed by atoms with van der Waals surface area (Å²) in [6.07, 6.45) is 3.89. The molecule has 0 amide bonds. The van der Waals surface area contributed by atoms with Gasteiger partial charge in [-0.2, -0.15) is 0 Å². The van der Waals surface area contributed by atoms with Crippen molar-refractivity contribution in [3.8, 4) is 0 Å². The first-order chi connectivity index (χ1) is 11.5. The SMILES string of the molecule is CC(C)CCNc1ncc2c(n1)C[C@@H](c1ccccc1Cl)CC2=O. The average molecular weight is 344 g/mol. The number of anilines is 1. The van der Waals surface area contributed by atoms with Crippen molar-refractivity contribution in [1.29, 1.82) is 0 Å². The molecular weight excluding hydrogens is 322 g/mol. The number of hydrogen-bond acceptors (Lipinski definition) is 4. The number of carbonyl (C=O) groups excluding carboxylic acids is 1. The van der Waals surface area contributed by atoms with E-state index in [1.807, 2.05) is 24.3 Å². The van der Waals surface area contributed by atoms with Gasteiger partial charge in [-0.05, 0) is 36.3 Å². The van der Waals surface area contributed by atoms with Crippen LogP contribution in [0, 0.1) is 5.92 Å². The third-order valence-electron chi connectivity index (χ3n) is 4.39. The number of Topliss-reactive ketones (excluding diaryl/α,β-unsaturated/α-hetero) is 1. The number of ketones is 1. The minimum atomic E-state index is 0.0807. The summed E-state index contributed by atoms with van der Waals surface area (Å²) >= 11 is 6.31. The first-order valence-corrected chi connectivity index (χ1v) is 8.79. The molecule has 126 valence electrons. The Bertz CT molecular complexity index is 745. The summed E-state index contributed by atoms with van der Waals surface area (Å²) in [5.41, 5.74) is 2.48. The summed E-state index contributed by atoms with van der Waals surface area (Å²) in [6, 6.07) is 7.73. The molecule has 1 aromatic heterocycles. The fourth-order valence-corrected chi connectivity index (χ4v) is 3.32. The molecular formula is C19H22ClN3O. The van der Waals surface area contributed by atoms with Crippen molar-refractivity contribution in [3.63, 3.8) is 0 Å². The fourth-order valence-electron chi connectivity index (χ4n) is 3.03. The zero-order valence-electron chi connectivity index (χ0n) is 14.1. The van der Waals surface area contributed by atoms with Crippen molar-refractivity contribution in [2.45, 2.75) is 39.0 Å². The van der Waals surface area contributed by atoms with Gasteiger partial charge in [0.2, 0.25) is 5.95 Å². The van der Waals surface area contributed by atoms with E-state index in [0.717, 1.165) is 24.2 Å². The number of rotatable bonds is 5. The van der Waals surface area contributed by atoms with Crippen molar-refractivity contribution >= 4 is 23.3 Å². The van der Waals surface area contributed by atoms with Gasteiger partial charge in [0.15, 0.2) is 5.78 Å². The van der Waals surface area contributed by atoms with Gasteiger partial charge in [0.25, 0.3) is 0 Å². The fraction of sp³-hybridized carbons (Fsp3) is 0.421. The molecule has 2 aromatic rings. The van der Waals surface area contributed by atoms with Gasteiger partial charge in [-0.1, -0.05) is 43.6 Å². The Kier molecular flexibility index (Phi) is 5.14. The summed E-state index contributed by atoms with van der Waals surface area (Å²) in [4.78, 5) is 21.3. The zero-order valence-corrected chi connectivity index (χ0v) is 14.8. The van der Waals surface area contributed by atoms with Crippen LogP contribution in [0.5, 0.6) is 0 Å². The summed E-state index contributed by atoms with van der Waals surface area (Å²) in [5, 5.41) is 3.96. The van der Waals surface area contributed by atoms with E-state index in [4.69, 9.17) is 11.6 Å². The van der Waals surface area contributed by atoms with Crippen LogP contribution in [-0.2, 0) is 6.42 Å². The van der Waals surface area contributed by atoms with Gasteiger partial charge >= 0.3 is 0 Å². The third kappa shape index (κ3) is 3.75. The number of fused-ring (bicyclic) bond motifs is 1. The Morgan fingerprint density at radius 2 is 2.08 bits per heavy atom. The van der Waals surface area contributed by atoms with Gasteiger partial charge in [0.05, 0.1) is 11.3 Å². The molecule has 0 aliphatic heterocycles. The molecule has 0 saturated carbocycles. The van der Waals surface area contributed by atoms with Crippen LogP contribution >= 0.6 is 11.6 Å². The van der Waals surface area contributed by atoms with Gasteiger partial charge in [-0.25, -0.2) is 9.97 Å². The van der Waals surface area contributed by atoms with Crippen LogP contribution < -0.4 is 5.32 Å². The molecule has 1 aliphatic carbocycles. The molecule has 0 unspecified atom stereocenters. The number of carbonyl (C=O) groups is 1. The van der Waals surface area contributed by atoms with E-state index in [-0.39, 0.29) is 11.7 Å². The van der Waals surface area contributed by atoms with E-state index in [0.29, 0.717) is 35.3 Å². The standard InChI is InChI=1S/C19H22ClN3O/c1-12(2)7-8-21-19-22-11-15-17(23-19)9-13(10-18(15)24)14-5-3-4-6-16(14)20/h3-6,11-13H,7-10H2,1-2H3,(H,21,22,23)/t13-/m1/s1. The second-order valence-corrected chi connectivity index (χ2v) is 7.12. The Hall–Kier alpha value is -1.94. The molecule has 0 fully saturated rings.